The van der Waals surface area contributed by atoms with E-state index in [1.165, 1.54) is 7.11 Å². The highest BCUT2D eigenvalue weighted by Gasteiger charge is 2.09. The molecule has 2 unspecified atom stereocenters. The molecule has 0 spiro atoms. The Hall–Kier alpha value is -0.900. The van der Waals surface area contributed by atoms with Crippen LogP contribution in [0.15, 0.2) is 0 Å². The monoisotopic (exact) mass is 258 g/mol. The van der Waals surface area contributed by atoms with Crippen LogP contribution in [0.3, 0.4) is 0 Å². The van der Waals surface area contributed by atoms with Crippen molar-refractivity contribution in [1.29, 1.82) is 0 Å². The standard InChI is InChI=1S/C14H26O4/c1-11(12(2)15)7-5-4-6-8-13(16)9-10-14(17)18-3/h11-12,15H,4-10H2,1-3H3. The molecule has 0 aromatic carbocycles. The van der Waals surface area contributed by atoms with Crippen molar-refractivity contribution in [3.05, 3.63) is 0 Å². The lowest BCUT2D eigenvalue weighted by molar-refractivity contribution is -0.141. The molecule has 0 fully saturated rings. The lowest BCUT2D eigenvalue weighted by Gasteiger charge is -2.13. The van der Waals surface area contributed by atoms with E-state index in [0.29, 0.717) is 12.3 Å². The van der Waals surface area contributed by atoms with E-state index in [4.69, 9.17) is 0 Å². The molecule has 0 aromatic heterocycles. The quantitative estimate of drug-likeness (QED) is 0.483. The highest BCUT2D eigenvalue weighted by Crippen LogP contribution is 2.14. The van der Waals surface area contributed by atoms with E-state index in [1.807, 2.05) is 6.92 Å². The van der Waals surface area contributed by atoms with Gasteiger partial charge in [-0.25, -0.2) is 0 Å². The summed E-state index contributed by atoms with van der Waals surface area (Å²) in [6.07, 6.45) is 4.66. The van der Waals surface area contributed by atoms with Crippen LogP contribution in [0.25, 0.3) is 0 Å². The minimum Gasteiger partial charge on any atom is -0.469 e. The molecule has 4 heteroatoms. The van der Waals surface area contributed by atoms with Crippen molar-refractivity contribution in [2.75, 3.05) is 7.11 Å². The number of carbonyl (C=O) groups is 2. The molecule has 0 aliphatic rings. The van der Waals surface area contributed by atoms with Gasteiger partial charge in [-0.3, -0.25) is 9.59 Å². The lowest BCUT2D eigenvalue weighted by Crippen LogP contribution is -2.12. The molecule has 0 rings (SSSR count). The maximum Gasteiger partial charge on any atom is 0.305 e. The van der Waals surface area contributed by atoms with Crippen molar-refractivity contribution >= 4 is 11.8 Å². The molecule has 0 amide bonds. The van der Waals surface area contributed by atoms with Crippen LogP contribution in [0.4, 0.5) is 0 Å². The Morgan fingerprint density at radius 2 is 1.72 bits per heavy atom. The van der Waals surface area contributed by atoms with E-state index >= 15 is 0 Å². The van der Waals surface area contributed by atoms with Crippen molar-refractivity contribution in [2.24, 2.45) is 5.92 Å². The number of rotatable bonds is 10. The molecule has 4 nitrogen and oxygen atoms in total. The number of carbonyl (C=O) groups excluding carboxylic acids is 2. The number of aliphatic hydroxyl groups is 1. The average molecular weight is 258 g/mol. The van der Waals surface area contributed by atoms with Crippen molar-refractivity contribution in [2.45, 2.75) is 64.9 Å². The van der Waals surface area contributed by atoms with Gasteiger partial charge >= 0.3 is 5.97 Å². The van der Waals surface area contributed by atoms with Crippen molar-refractivity contribution in [1.82, 2.24) is 0 Å². The maximum atomic E-state index is 11.4. The van der Waals surface area contributed by atoms with Gasteiger partial charge in [-0.15, -0.1) is 0 Å². The Labute approximate surface area is 110 Å². The van der Waals surface area contributed by atoms with E-state index in [0.717, 1.165) is 25.7 Å². The summed E-state index contributed by atoms with van der Waals surface area (Å²) in [5, 5.41) is 9.31. The Kier molecular flexibility index (Phi) is 9.56. The Morgan fingerprint density at radius 3 is 2.28 bits per heavy atom. The van der Waals surface area contributed by atoms with Gasteiger partial charge < -0.3 is 9.84 Å². The molecule has 0 saturated heterocycles. The molecule has 0 bridgehead atoms. The van der Waals surface area contributed by atoms with Crippen LogP contribution in [-0.2, 0) is 14.3 Å². The normalized spacial score (nSPS) is 14.0. The Bertz CT molecular complexity index is 248. The minimum absolute atomic E-state index is 0.129. The molecule has 0 heterocycles. The van der Waals surface area contributed by atoms with Gasteiger partial charge in [0.05, 0.1) is 19.6 Å². The number of ketones is 1. The van der Waals surface area contributed by atoms with Gasteiger partial charge in [0.2, 0.25) is 0 Å². The van der Waals surface area contributed by atoms with Crippen LogP contribution in [0.1, 0.15) is 58.8 Å². The molecule has 106 valence electrons. The summed E-state index contributed by atoms with van der Waals surface area (Å²) in [4.78, 5) is 22.3. The fourth-order valence-corrected chi connectivity index (χ4v) is 1.68. The molecular weight excluding hydrogens is 232 g/mol. The number of hydrogen-bond acceptors (Lipinski definition) is 4. The van der Waals surface area contributed by atoms with Crippen LogP contribution in [0.2, 0.25) is 0 Å². The summed E-state index contributed by atoms with van der Waals surface area (Å²) in [5.41, 5.74) is 0. The SMILES string of the molecule is COC(=O)CCC(=O)CCCCCC(C)C(C)O. The summed E-state index contributed by atoms with van der Waals surface area (Å²) < 4.78 is 4.48. The number of methoxy groups -OCH3 is 1. The predicted octanol–water partition coefficient (Wildman–Crippen LogP) is 2.48. The predicted molar refractivity (Wildman–Crippen MR) is 70.2 cm³/mol. The highest BCUT2D eigenvalue weighted by molar-refractivity contribution is 5.82. The number of aliphatic hydroxyl groups excluding tert-OH is 1. The van der Waals surface area contributed by atoms with Gasteiger partial charge in [-0.1, -0.05) is 19.8 Å². The number of hydrogen-bond donors (Lipinski definition) is 1. The van der Waals surface area contributed by atoms with E-state index in [1.54, 1.807) is 6.92 Å². The van der Waals surface area contributed by atoms with Gasteiger partial charge in [0.15, 0.2) is 0 Å². The molecule has 2 atom stereocenters. The van der Waals surface area contributed by atoms with Crippen molar-refractivity contribution in [3.63, 3.8) is 0 Å². The molecule has 0 radical (unpaired) electrons. The van der Waals surface area contributed by atoms with Crippen LogP contribution < -0.4 is 0 Å². The van der Waals surface area contributed by atoms with Crippen molar-refractivity contribution < 1.29 is 19.4 Å². The lowest BCUT2D eigenvalue weighted by atomic mass is 9.97. The summed E-state index contributed by atoms with van der Waals surface area (Å²) in [6.45, 7) is 3.84. The van der Waals surface area contributed by atoms with Crippen LogP contribution in [0, 0.1) is 5.92 Å². The summed E-state index contributed by atoms with van der Waals surface area (Å²) >= 11 is 0. The van der Waals surface area contributed by atoms with E-state index < -0.39 is 0 Å². The fraction of sp³-hybridized carbons (Fsp3) is 0.857. The highest BCUT2D eigenvalue weighted by atomic mass is 16.5. The Morgan fingerprint density at radius 1 is 1.06 bits per heavy atom. The molecule has 0 aliphatic heterocycles. The Balaban J connectivity index is 3.43. The summed E-state index contributed by atoms with van der Waals surface area (Å²) in [7, 11) is 1.33. The first-order valence-electron chi connectivity index (χ1n) is 6.74. The minimum atomic E-state index is -0.325. The number of Topliss-reactive ketones (excluding diaryl/α,β-unsaturated/α-hetero) is 1. The summed E-state index contributed by atoms with van der Waals surface area (Å²) in [5.74, 6) is 0.123. The maximum absolute atomic E-state index is 11.4. The number of unbranched alkanes of at least 4 members (excludes halogenated alkanes) is 2. The van der Waals surface area contributed by atoms with Crippen molar-refractivity contribution in [3.8, 4) is 0 Å². The van der Waals surface area contributed by atoms with Gasteiger partial charge in [-0.2, -0.15) is 0 Å². The third-order valence-electron chi connectivity index (χ3n) is 3.27. The average Bonchev–Trinajstić information content (AvgIpc) is 2.34. The molecule has 1 N–H and O–H groups in total. The summed E-state index contributed by atoms with van der Waals surface area (Å²) in [6, 6.07) is 0. The molecule has 0 saturated carbocycles. The van der Waals surface area contributed by atoms with Crippen LogP contribution >= 0.6 is 0 Å². The van der Waals surface area contributed by atoms with Gasteiger partial charge in [-0.05, 0) is 25.7 Å². The zero-order valence-electron chi connectivity index (χ0n) is 11.8. The van der Waals surface area contributed by atoms with Crippen LogP contribution in [-0.4, -0.2) is 30.1 Å². The zero-order valence-corrected chi connectivity index (χ0v) is 11.8. The van der Waals surface area contributed by atoms with Gasteiger partial charge in [0.25, 0.3) is 0 Å². The van der Waals surface area contributed by atoms with Gasteiger partial charge in [0.1, 0.15) is 5.78 Å². The fourth-order valence-electron chi connectivity index (χ4n) is 1.68. The zero-order chi connectivity index (χ0) is 14.0. The molecular formula is C14H26O4. The smallest absolute Gasteiger partial charge is 0.305 e. The number of ether oxygens (including phenoxy) is 1. The first-order chi connectivity index (χ1) is 8.47. The molecule has 0 aromatic rings. The second kappa shape index (κ2) is 10.1. The third kappa shape index (κ3) is 9.16. The second-order valence-corrected chi connectivity index (χ2v) is 4.93. The third-order valence-corrected chi connectivity index (χ3v) is 3.27. The van der Waals surface area contributed by atoms with E-state index in [9.17, 15) is 14.7 Å². The molecule has 18 heavy (non-hydrogen) atoms. The van der Waals surface area contributed by atoms with Crippen LogP contribution in [0.5, 0.6) is 0 Å². The number of esters is 1. The van der Waals surface area contributed by atoms with Gasteiger partial charge in [0, 0.05) is 12.8 Å². The van der Waals surface area contributed by atoms with E-state index in [-0.39, 0.29) is 30.7 Å². The first kappa shape index (κ1) is 17.1. The van der Waals surface area contributed by atoms with E-state index in [2.05, 4.69) is 4.74 Å². The first-order valence-corrected chi connectivity index (χ1v) is 6.74. The topological polar surface area (TPSA) is 63.6 Å². The second-order valence-electron chi connectivity index (χ2n) is 4.93. The largest absolute Gasteiger partial charge is 0.469 e. The molecule has 0 aliphatic carbocycles.